The highest BCUT2D eigenvalue weighted by Crippen LogP contribution is 2.29. The van der Waals surface area contributed by atoms with Crippen molar-refractivity contribution in [2.24, 2.45) is 0 Å². The maximum absolute atomic E-state index is 12.6. The highest BCUT2D eigenvalue weighted by molar-refractivity contribution is 5.89. The molecule has 144 valence electrons. The summed E-state index contributed by atoms with van der Waals surface area (Å²) in [6.45, 7) is 2.67. The number of nitrogens with zero attached hydrogens (tertiary/aromatic N) is 1. The maximum Gasteiger partial charge on any atom is 0.416 e. The summed E-state index contributed by atoms with van der Waals surface area (Å²) >= 11 is 0. The highest BCUT2D eigenvalue weighted by Gasteiger charge is 2.30. The predicted molar refractivity (Wildman–Crippen MR) is 98.3 cm³/mol. The minimum Gasteiger partial charge on any atom is -0.335 e. The van der Waals surface area contributed by atoms with E-state index in [2.05, 4.69) is 27.7 Å². The first-order chi connectivity index (χ1) is 12.9. The Balaban J connectivity index is 1.43. The number of hydrogen-bond acceptors (Lipinski definition) is 2. The monoisotopic (exact) mass is 377 g/mol. The van der Waals surface area contributed by atoms with Gasteiger partial charge in [-0.15, -0.1) is 0 Å². The zero-order chi connectivity index (χ0) is 19.3. The molecule has 1 aliphatic heterocycles. The molecule has 0 atom stereocenters. The number of benzene rings is 2. The number of halogens is 3. The van der Waals surface area contributed by atoms with Gasteiger partial charge in [-0.25, -0.2) is 4.79 Å². The second-order valence-corrected chi connectivity index (χ2v) is 6.71. The van der Waals surface area contributed by atoms with Gasteiger partial charge in [-0.05, 0) is 42.7 Å². The normalized spacial score (nSPS) is 16.1. The molecule has 0 aromatic heterocycles. The van der Waals surface area contributed by atoms with Gasteiger partial charge in [0.25, 0.3) is 0 Å². The molecule has 1 saturated heterocycles. The van der Waals surface area contributed by atoms with Crippen molar-refractivity contribution in [3.63, 3.8) is 0 Å². The Hall–Kier alpha value is -2.54. The first kappa shape index (κ1) is 19.2. The van der Waals surface area contributed by atoms with Crippen LogP contribution in [0, 0.1) is 0 Å². The molecule has 27 heavy (non-hydrogen) atoms. The second kappa shape index (κ2) is 8.43. The molecule has 0 aliphatic carbocycles. The van der Waals surface area contributed by atoms with Crippen molar-refractivity contribution < 1.29 is 18.0 Å². The number of hydrogen-bond donors (Lipinski definition) is 2. The van der Waals surface area contributed by atoms with Gasteiger partial charge in [0, 0.05) is 31.4 Å². The molecule has 7 heteroatoms. The fourth-order valence-electron chi connectivity index (χ4n) is 3.17. The van der Waals surface area contributed by atoms with E-state index < -0.39 is 17.8 Å². The molecule has 0 radical (unpaired) electrons. The molecule has 2 N–H and O–H groups in total. The van der Waals surface area contributed by atoms with E-state index in [1.54, 1.807) is 0 Å². The van der Waals surface area contributed by atoms with Crippen LogP contribution in [-0.2, 0) is 12.7 Å². The quantitative estimate of drug-likeness (QED) is 0.825. The molecule has 0 spiro atoms. The predicted octanol–water partition coefficient (Wildman–Crippen LogP) is 4.49. The molecule has 0 saturated carbocycles. The van der Waals surface area contributed by atoms with Gasteiger partial charge in [-0.2, -0.15) is 13.2 Å². The average Bonchev–Trinajstić information content (AvgIpc) is 2.64. The average molecular weight is 377 g/mol. The van der Waals surface area contributed by atoms with E-state index in [1.807, 2.05) is 18.2 Å². The zero-order valence-corrected chi connectivity index (χ0v) is 14.8. The van der Waals surface area contributed by atoms with Crippen molar-refractivity contribution in [2.45, 2.75) is 31.6 Å². The van der Waals surface area contributed by atoms with Crippen molar-refractivity contribution in [3.8, 4) is 0 Å². The number of anilines is 1. The van der Waals surface area contributed by atoms with Crippen LogP contribution in [0.25, 0.3) is 0 Å². The van der Waals surface area contributed by atoms with Crippen molar-refractivity contribution >= 4 is 11.7 Å². The summed E-state index contributed by atoms with van der Waals surface area (Å²) in [7, 11) is 0. The molecule has 1 aliphatic rings. The van der Waals surface area contributed by atoms with Crippen molar-refractivity contribution in [2.75, 3.05) is 18.4 Å². The lowest BCUT2D eigenvalue weighted by Gasteiger charge is -2.32. The number of carbonyl (C=O) groups excluding carboxylic acids is 1. The third kappa shape index (κ3) is 5.72. The first-order valence-electron chi connectivity index (χ1n) is 8.91. The van der Waals surface area contributed by atoms with Gasteiger partial charge in [0.1, 0.15) is 0 Å². The smallest absolute Gasteiger partial charge is 0.335 e. The van der Waals surface area contributed by atoms with Gasteiger partial charge < -0.3 is 10.6 Å². The number of rotatable bonds is 4. The van der Waals surface area contributed by atoms with E-state index in [-0.39, 0.29) is 6.04 Å². The van der Waals surface area contributed by atoms with E-state index in [4.69, 9.17) is 0 Å². The minimum absolute atomic E-state index is 0.0615. The van der Waals surface area contributed by atoms with Gasteiger partial charge in [-0.1, -0.05) is 30.3 Å². The van der Waals surface area contributed by atoms with E-state index >= 15 is 0 Å². The van der Waals surface area contributed by atoms with Crippen LogP contribution in [0.15, 0.2) is 54.6 Å². The Morgan fingerprint density at radius 2 is 1.63 bits per heavy atom. The van der Waals surface area contributed by atoms with E-state index in [9.17, 15) is 18.0 Å². The summed E-state index contributed by atoms with van der Waals surface area (Å²) in [6.07, 6.45) is -2.70. The lowest BCUT2D eigenvalue weighted by Crippen LogP contribution is -2.45. The number of nitrogens with one attached hydrogen (secondary N) is 2. The number of piperidine rings is 1. The van der Waals surface area contributed by atoms with E-state index in [0.717, 1.165) is 44.6 Å². The Labute approximate surface area is 156 Å². The largest absolute Gasteiger partial charge is 0.416 e. The van der Waals surface area contributed by atoms with Crippen LogP contribution in [0.1, 0.15) is 24.0 Å². The van der Waals surface area contributed by atoms with Crippen LogP contribution in [0.4, 0.5) is 23.7 Å². The third-order valence-electron chi connectivity index (χ3n) is 4.64. The lowest BCUT2D eigenvalue weighted by molar-refractivity contribution is -0.137. The summed E-state index contributed by atoms with van der Waals surface area (Å²) in [4.78, 5) is 14.4. The van der Waals surface area contributed by atoms with Crippen LogP contribution < -0.4 is 10.6 Å². The molecule has 2 aromatic rings. The van der Waals surface area contributed by atoms with Crippen molar-refractivity contribution in [1.82, 2.24) is 10.2 Å². The molecule has 0 bridgehead atoms. The van der Waals surface area contributed by atoms with E-state index in [0.29, 0.717) is 5.69 Å². The Morgan fingerprint density at radius 1 is 1.00 bits per heavy atom. The number of likely N-dealkylation sites (tertiary alicyclic amines) is 1. The standard InChI is InChI=1S/C20H22F3N3O/c21-20(22,23)16-6-8-17(9-7-16)24-19(27)25-18-10-12-26(13-11-18)14-15-4-2-1-3-5-15/h1-9,18H,10-14H2,(H2,24,25,27). The van der Waals surface area contributed by atoms with Gasteiger partial charge in [-0.3, -0.25) is 4.90 Å². The van der Waals surface area contributed by atoms with Crippen LogP contribution >= 0.6 is 0 Å². The van der Waals surface area contributed by atoms with Gasteiger partial charge in [0.2, 0.25) is 0 Å². The number of carbonyl (C=O) groups is 1. The van der Waals surface area contributed by atoms with Crippen LogP contribution in [-0.4, -0.2) is 30.1 Å². The third-order valence-corrected chi connectivity index (χ3v) is 4.64. The second-order valence-electron chi connectivity index (χ2n) is 6.71. The van der Waals surface area contributed by atoms with Crippen LogP contribution in [0.5, 0.6) is 0 Å². The SMILES string of the molecule is O=C(Nc1ccc(C(F)(F)F)cc1)NC1CCN(Cc2ccccc2)CC1. The molecule has 0 unspecified atom stereocenters. The molecule has 3 rings (SSSR count). The Bertz CT molecular complexity index is 739. The van der Waals surface area contributed by atoms with Gasteiger partial charge >= 0.3 is 12.2 Å². The Kier molecular flexibility index (Phi) is 6.01. The minimum atomic E-state index is -4.38. The molecule has 1 heterocycles. The highest BCUT2D eigenvalue weighted by atomic mass is 19.4. The summed E-state index contributed by atoms with van der Waals surface area (Å²) in [5.41, 5.74) is 0.866. The van der Waals surface area contributed by atoms with Crippen molar-refractivity contribution in [1.29, 1.82) is 0 Å². The molecular formula is C20H22F3N3O. The van der Waals surface area contributed by atoms with Gasteiger partial charge in [0.15, 0.2) is 0 Å². The van der Waals surface area contributed by atoms with Gasteiger partial charge in [0.05, 0.1) is 5.56 Å². The Morgan fingerprint density at radius 3 is 2.22 bits per heavy atom. The fourth-order valence-corrected chi connectivity index (χ4v) is 3.17. The maximum atomic E-state index is 12.6. The number of urea groups is 1. The molecule has 2 aromatic carbocycles. The number of amides is 2. The van der Waals surface area contributed by atoms with Crippen molar-refractivity contribution in [3.05, 3.63) is 65.7 Å². The fraction of sp³-hybridized carbons (Fsp3) is 0.350. The van der Waals surface area contributed by atoms with E-state index in [1.165, 1.54) is 17.7 Å². The lowest BCUT2D eigenvalue weighted by atomic mass is 10.0. The first-order valence-corrected chi connectivity index (χ1v) is 8.91. The zero-order valence-electron chi connectivity index (χ0n) is 14.8. The topological polar surface area (TPSA) is 44.4 Å². The van der Waals surface area contributed by atoms with Crippen LogP contribution in [0.2, 0.25) is 0 Å². The summed E-state index contributed by atoms with van der Waals surface area (Å²) in [5, 5.41) is 5.49. The molecule has 1 fully saturated rings. The molecule has 4 nitrogen and oxygen atoms in total. The molecule has 2 amide bonds. The number of alkyl halides is 3. The summed E-state index contributed by atoms with van der Waals surface area (Å²) in [6, 6.07) is 14.3. The summed E-state index contributed by atoms with van der Waals surface area (Å²) in [5.74, 6) is 0. The summed E-state index contributed by atoms with van der Waals surface area (Å²) < 4.78 is 37.7. The molecular weight excluding hydrogens is 355 g/mol. The van der Waals surface area contributed by atoms with Crippen LogP contribution in [0.3, 0.4) is 0 Å².